The van der Waals surface area contributed by atoms with E-state index in [1.54, 1.807) is 0 Å². The summed E-state index contributed by atoms with van der Waals surface area (Å²) >= 11 is 0. The minimum Gasteiger partial charge on any atom is -0.472 e. The maximum Gasteiger partial charge on any atom is 0.303 e. The van der Waals surface area contributed by atoms with Crippen molar-refractivity contribution in [2.45, 2.75) is 74.6 Å². The fourth-order valence-corrected chi connectivity index (χ4v) is 4.25. The average molecular weight is 406 g/mol. The predicted octanol–water partition coefficient (Wildman–Crippen LogP) is -2.89. The minimum atomic E-state index is -1.85. The number of fused-ring (bicyclic) bond motifs is 1. The highest BCUT2D eigenvalue weighted by Crippen LogP contribution is 2.51. The number of carbonyl (C=O) groups is 1. The summed E-state index contributed by atoms with van der Waals surface area (Å²) in [6.45, 7) is 2.04. The van der Waals surface area contributed by atoms with Crippen molar-refractivity contribution in [1.29, 1.82) is 0 Å². The van der Waals surface area contributed by atoms with Crippen molar-refractivity contribution in [3.05, 3.63) is 12.3 Å². The van der Waals surface area contributed by atoms with Crippen molar-refractivity contribution in [2.24, 2.45) is 5.92 Å². The molecule has 0 aromatic carbocycles. The third kappa shape index (κ3) is 3.42. The molecule has 0 aromatic rings. The molecule has 10 atom stereocenters. The molecule has 2 heterocycles. The van der Waals surface area contributed by atoms with Crippen molar-refractivity contribution in [2.75, 3.05) is 6.61 Å². The monoisotopic (exact) mass is 406 g/mol. The van der Waals surface area contributed by atoms with Crippen LogP contribution in [0.2, 0.25) is 0 Å². The number of aliphatic hydroxyl groups is 6. The Morgan fingerprint density at radius 1 is 1.18 bits per heavy atom. The van der Waals surface area contributed by atoms with Crippen molar-refractivity contribution < 1.29 is 54.4 Å². The van der Waals surface area contributed by atoms with Crippen LogP contribution in [-0.4, -0.2) is 97.5 Å². The van der Waals surface area contributed by atoms with E-state index in [1.165, 1.54) is 19.9 Å². The normalized spacial score (nSPS) is 50.7. The SMILES string of the molecule is CC(=O)O[C@@]1(C)C[C@H](O)[C@@]2(O)C=CO[C@@H](O[C@H]3O[C@@H](CO)[C@H](O)[C@@H](O)[C@@H]3O)[C@@H]21. The Bertz CT molecular complexity index is 624. The van der Waals surface area contributed by atoms with Crippen LogP contribution in [0.25, 0.3) is 0 Å². The molecule has 11 nitrogen and oxygen atoms in total. The van der Waals surface area contributed by atoms with Gasteiger partial charge in [-0.15, -0.1) is 0 Å². The van der Waals surface area contributed by atoms with Gasteiger partial charge < -0.3 is 49.6 Å². The predicted molar refractivity (Wildman–Crippen MR) is 88.1 cm³/mol. The van der Waals surface area contributed by atoms with Crippen molar-refractivity contribution in [3.63, 3.8) is 0 Å². The van der Waals surface area contributed by atoms with Gasteiger partial charge in [-0.1, -0.05) is 0 Å². The molecule has 2 aliphatic heterocycles. The van der Waals surface area contributed by atoms with Crippen LogP contribution >= 0.6 is 0 Å². The van der Waals surface area contributed by atoms with Crippen LogP contribution in [0.3, 0.4) is 0 Å². The van der Waals surface area contributed by atoms with Crippen LogP contribution in [0.5, 0.6) is 0 Å². The Morgan fingerprint density at radius 2 is 1.86 bits per heavy atom. The number of hydrogen-bond acceptors (Lipinski definition) is 11. The second-order valence-electron chi connectivity index (χ2n) is 7.63. The molecule has 2 fully saturated rings. The fourth-order valence-electron chi connectivity index (χ4n) is 4.25. The van der Waals surface area contributed by atoms with E-state index < -0.39 is 72.8 Å². The Kier molecular flexibility index (Phi) is 5.73. The number of carbonyl (C=O) groups excluding carboxylic acids is 1. The average Bonchev–Trinajstić information content (AvgIpc) is 2.81. The van der Waals surface area contributed by atoms with Crippen molar-refractivity contribution >= 4 is 5.97 Å². The van der Waals surface area contributed by atoms with E-state index in [2.05, 4.69) is 0 Å². The molecule has 1 saturated carbocycles. The zero-order valence-electron chi connectivity index (χ0n) is 15.4. The Balaban J connectivity index is 1.87. The zero-order valence-corrected chi connectivity index (χ0v) is 15.4. The molecule has 0 amide bonds. The fraction of sp³-hybridized carbons (Fsp3) is 0.824. The highest BCUT2D eigenvalue weighted by Gasteiger charge is 2.66. The number of aliphatic hydroxyl groups excluding tert-OH is 5. The van der Waals surface area contributed by atoms with Gasteiger partial charge in [0.15, 0.2) is 6.29 Å². The molecule has 0 spiro atoms. The molecule has 28 heavy (non-hydrogen) atoms. The quantitative estimate of drug-likeness (QED) is 0.264. The van der Waals surface area contributed by atoms with Crippen LogP contribution in [0, 0.1) is 5.92 Å². The molecular formula is C17H26O11. The van der Waals surface area contributed by atoms with E-state index in [0.717, 1.165) is 6.26 Å². The zero-order chi connectivity index (χ0) is 20.9. The standard InChI is InChI=1S/C17H26O11/c1-7(19)28-16(2)5-9(20)17(24)3-4-25-15(13(16)17)27-14-12(23)11(22)10(21)8(6-18)26-14/h3-4,8-15,18,20-24H,5-6H2,1-2H3/t8-,9-,10-,11+,12-,13+,14+,15-,16-,17-/m0/s1. The molecule has 0 radical (unpaired) electrons. The Morgan fingerprint density at radius 3 is 2.46 bits per heavy atom. The topological polar surface area (TPSA) is 175 Å². The van der Waals surface area contributed by atoms with E-state index in [4.69, 9.17) is 18.9 Å². The van der Waals surface area contributed by atoms with E-state index in [1.807, 2.05) is 0 Å². The van der Waals surface area contributed by atoms with Gasteiger partial charge in [-0.2, -0.15) is 0 Å². The third-order valence-electron chi connectivity index (χ3n) is 5.60. The first-order valence-electron chi connectivity index (χ1n) is 8.92. The van der Waals surface area contributed by atoms with Crippen LogP contribution < -0.4 is 0 Å². The van der Waals surface area contributed by atoms with Gasteiger partial charge in [0.1, 0.15) is 35.6 Å². The summed E-state index contributed by atoms with van der Waals surface area (Å²) in [6, 6.07) is 0. The lowest BCUT2D eigenvalue weighted by Gasteiger charge is -2.45. The van der Waals surface area contributed by atoms with Gasteiger partial charge >= 0.3 is 5.97 Å². The molecule has 11 heteroatoms. The van der Waals surface area contributed by atoms with Gasteiger partial charge in [0, 0.05) is 13.3 Å². The minimum absolute atomic E-state index is 0.101. The first kappa shape index (κ1) is 21.4. The summed E-state index contributed by atoms with van der Waals surface area (Å²) in [5, 5.41) is 60.6. The van der Waals surface area contributed by atoms with Gasteiger partial charge in [0.2, 0.25) is 6.29 Å². The molecule has 6 N–H and O–H groups in total. The number of ether oxygens (including phenoxy) is 4. The smallest absolute Gasteiger partial charge is 0.303 e. The molecular weight excluding hydrogens is 380 g/mol. The second-order valence-corrected chi connectivity index (χ2v) is 7.63. The third-order valence-corrected chi connectivity index (χ3v) is 5.60. The first-order valence-corrected chi connectivity index (χ1v) is 8.92. The molecule has 1 saturated heterocycles. The number of rotatable bonds is 4. The van der Waals surface area contributed by atoms with E-state index in [9.17, 15) is 35.4 Å². The molecule has 0 unspecified atom stereocenters. The first-order chi connectivity index (χ1) is 13.0. The second kappa shape index (κ2) is 7.50. The van der Waals surface area contributed by atoms with Crippen LogP contribution in [0.4, 0.5) is 0 Å². The van der Waals surface area contributed by atoms with E-state index in [0.29, 0.717) is 0 Å². The summed E-state index contributed by atoms with van der Waals surface area (Å²) in [4.78, 5) is 11.6. The summed E-state index contributed by atoms with van der Waals surface area (Å²) in [5.41, 5.74) is -3.22. The van der Waals surface area contributed by atoms with Crippen LogP contribution in [0.15, 0.2) is 12.3 Å². The van der Waals surface area contributed by atoms with Gasteiger partial charge in [0.25, 0.3) is 0 Å². The Hall–Kier alpha value is -1.31. The van der Waals surface area contributed by atoms with E-state index in [-0.39, 0.29) is 6.42 Å². The van der Waals surface area contributed by atoms with Gasteiger partial charge in [-0.05, 0) is 13.0 Å². The molecule has 0 aromatic heterocycles. The van der Waals surface area contributed by atoms with E-state index >= 15 is 0 Å². The lowest BCUT2D eigenvalue weighted by molar-refractivity contribution is -0.351. The molecule has 3 rings (SSSR count). The summed E-state index contributed by atoms with van der Waals surface area (Å²) in [7, 11) is 0. The molecule has 1 aliphatic carbocycles. The van der Waals surface area contributed by atoms with Crippen molar-refractivity contribution in [3.8, 4) is 0 Å². The number of esters is 1. The maximum absolute atomic E-state index is 11.6. The largest absolute Gasteiger partial charge is 0.472 e. The summed E-state index contributed by atoms with van der Waals surface area (Å²) in [6.07, 6.45) is -8.06. The van der Waals surface area contributed by atoms with Crippen molar-refractivity contribution in [1.82, 2.24) is 0 Å². The molecule has 160 valence electrons. The summed E-state index contributed by atoms with van der Waals surface area (Å²) < 4.78 is 21.7. The lowest BCUT2D eigenvalue weighted by Crippen LogP contribution is -2.62. The summed E-state index contributed by atoms with van der Waals surface area (Å²) in [5.74, 6) is -1.74. The lowest BCUT2D eigenvalue weighted by atomic mass is 9.81. The van der Waals surface area contributed by atoms with Gasteiger partial charge in [-0.3, -0.25) is 4.79 Å². The van der Waals surface area contributed by atoms with Crippen LogP contribution in [-0.2, 0) is 23.7 Å². The number of hydrogen-bond donors (Lipinski definition) is 6. The molecule has 3 aliphatic rings. The maximum atomic E-state index is 11.6. The van der Waals surface area contributed by atoms with Gasteiger partial charge in [0.05, 0.1) is 24.9 Å². The van der Waals surface area contributed by atoms with Crippen LogP contribution in [0.1, 0.15) is 20.3 Å². The molecule has 0 bridgehead atoms. The highest BCUT2D eigenvalue weighted by molar-refractivity contribution is 5.66. The van der Waals surface area contributed by atoms with Gasteiger partial charge in [-0.25, -0.2) is 0 Å². The Labute approximate surface area is 160 Å². The highest BCUT2D eigenvalue weighted by atomic mass is 16.8.